The van der Waals surface area contributed by atoms with E-state index in [-0.39, 0.29) is 11.8 Å². The Morgan fingerprint density at radius 1 is 1.00 bits per heavy atom. The van der Waals surface area contributed by atoms with Gasteiger partial charge in [-0.15, -0.1) is 0 Å². The fourth-order valence-electron chi connectivity index (χ4n) is 1.88. The SMILES string of the molecule is CN(C)C(=O)c1ccc(/C=C/C(=O)Nc2ccc(Cl)cc2)cc1. The highest BCUT2D eigenvalue weighted by atomic mass is 35.5. The summed E-state index contributed by atoms with van der Waals surface area (Å²) in [6, 6.07) is 13.9. The molecule has 0 aliphatic carbocycles. The maximum atomic E-state index is 11.8. The molecule has 2 rings (SSSR count). The molecule has 0 unspecified atom stereocenters. The molecule has 0 fully saturated rings. The van der Waals surface area contributed by atoms with Gasteiger partial charge in [0.1, 0.15) is 0 Å². The van der Waals surface area contributed by atoms with Crippen LogP contribution >= 0.6 is 11.6 Å². The van der Waals surface area contributed by atoms with Gasteiger partial charge in [-0.3, -0.25) is 9.59 Å². The summed E-state index contributed by atoms with van der Waals surface area (Å²) >= 11 is 5.79. The number of anilines is 1. The van der Waals surface area contributed by atoms with Gasteiger partial charge in [-0.05, 0) is 48.0 Å². The molecular weight excluding hydrogens is 312 g/mol. The van der Waals surface area contributed by atoms with Crippen LogP contribution in [0, 0.1) is 0 Å². The lowest BCUT2D eigenvalue weighted by Crippen LogP contribution is -2.21. The van der Waals surface area contributed by atoms with Crippen LogP contribution in [0.2, 0.25) is 5.02 Å². The second-order valence-corrected chi connectivity index (χ2v) is 5.59. The summed E-state index contributed by atoms with van der Waals surface area (Å²) in [6.45, 7) is 0. The number of nitrogens with zero attached hydrogens (tertiary/aromatic N) is 1. The number of hydrogen-bond donors (Lipinski definition) is 1. The molecule has 0 saturated carbocycles. The van der Waals surface area contributed by atoms with Crippen molar-refractivity contribution in [3.8, 4) is 0 Å². The average molecular weight is 329 g/mol. The van der Waals surface area contributed by atoms with Crippen LogP contribution in [0.1, 0.15) is 15.9 Å². The van der Waals surface area contributed by atoms with Crippen molar-refractivity contribution in [1.29, 1.82) is 0 Å². The van der Waals surface area contributed by atoms with Crippen LogP contribution < -0.4 is 5.32 Å². The van der Waals surface area contributed by atoms with E-state index in [9.17, 15) is 9.59 Å². The van der Waals surface area contributed by atoms with Gasteiger partial charge in [0.15, 0.2) is 0 Å². The summed E-state index contributed by atoms with van der Waals surface area (Å²) in [4.78, 5) is 25.1. The van der Waals surface area contributed by atoms with Crippen LogP contribution in [-0.4, -0.2) is 30.8 Å². The maximum Gasteiger partial charge on any atom is 0.253 e. The van der Waals surface area contributed by atoms with E-state index in [0.29, 0.717) is 16.3 Å². The molecule has 2 amide bonds. The third kappa shape index (κ3) is 4.97. The number of nitrogens with one attached hydrogen (secondary N) is 1. The van der Waals surface area contributed by atoms with E-state index in [1.54, 1.807) is 68.7 Å². The first-order valence-corrected chi connectivity index (χ1v) is 7.40. The van der Waals surface area contributed by atoms with E-state index in [1.807, 2.05) is 0 Å². The number of benzene rings is 2. The fraction of sp³-hybridized carbons (Fsp3) is 0.111. The van der Waals surface area contributed by atoms with Crippen LogP contribution in [0.4, 0.5) is 5.69 Å². The summed E-state index contributed by atoms with van der Waals surface area (Å²) in [6.07, 6.45) is 3.13. The van der Waals surface area contributed by atoms with Crippen LogP contribution in [0.25, 0.3) is 6.08 Å². The third-order valence-corrected chi connectivity index (χ3v) is 3.35. The van der Waals surface area contributed by atoms with Crippen molar-refractivity contribution in [2.24, 2.45) is 0 Å². The molecule has 0 aliphatic heterocycles. The molecule has 0 aromatic heterocycles. The van der Waals surface area contributed by atoms with Gasteiger partial charge in [0, 0.05) is 36.4 Å². The standard InChI is InChI=1S/C18H17ClN2O2/c1-21(2)18(23)14-6-3-13(4-7-14)5-12-17(22)20-16-10-8-15(19)9-11-16/h3-12H,1-2H3,(H,20,22)/b12-5+. The molecule has 23 heavy (non-hydrogen) atoms. The fourth-order valence-corrected chi connectivity index (χ4v) is 2.01. The lowest BCUT2D eigenvalue weighted by molar-refractivity contribution is -0.111. The molecule has 0 bridgehead atoms. The second kappa shape index (κ2) is 7.61. The van der Waals surface area contributed by atoms with Gasteiger partial charge in [-0.1, -0.05) is 23.7 Å². The molecule has 1 N–H and O–H groups in total. The van der Waals surface area contributed by atoms with Gasteiger partial charge in [-0.25, -0.2) is 0 Å². The van der Waals surface area contributed by atoms with Gasteiger partial charge >= 0.3 is 0 Å². The average Bonchev–Trinajstić information content (AvgIpc) is 2.55. The number of carbonyl (C=O) groups is 2. The van der Waals surface area contributed by atoms with Gasteiger partial charge < -0.3 is 10.2 Å². The molecule has 2 aromatic rings. The summed E-state index contributed by atoms with van der Waals surface area (Å²) in [7, 11) is 3.41. The van der Waals surface area contributed by atoms with Crippen molar-refractivity contribution in [3.63, 3.8) is 0 Å². The largest absolute Gasteiger partial charge is 0.345 e. The predicted octanol–water partition coefficient (Wildman–Crippen LogP) is 3.69. The topological polar surface area (TPSA) is 49.4 Å². The maximum absolute atomic E-state index is 11.8. The van der Waals surface area contributed by atoms with Crippen LogP contribution in [0.5, 0.6) is 0 Å². The van der Waals surface area contributed by atoms with E-state index in [4.69, 9.17) is 11.6 Å². The smallest absolute Gasteiger partial charge is 0.253 e. The number of carbonyl (C=O) groups excluding carboxylic acids is 2. The molecule has 0 radical (unpaired) electrons. The van der Waals surface area contributed by atoms with E-state index in [2.05, 4.69) is 5.32 Å². The van der Waals surface area contributed by atoms with Crippen molar-refractivity contribution >= 4 is 35.2 Å². The molecule has 0 saturated heterocycles. The Bertz CT molecular complexity index is 720. The second-order valence-electron chi connectivity index (χ2n) is 5.15. The summed E-state index contributed by atoms with van der Waals surface area (Å²) < 4.78 is 0. The summed E-state index contributed by atoms with van der Waals surface area (Å²) in [5, 5.41) is 3.36. The zero-order chi connectivity index (χ0) is 16.8. The normalized spacial score (nSPS) is 10.6. The Balaban J connectivity index is 1.98. The Morgan fingerprint density at radius 3 is 2.17 bits per heavy atom. The van der Waals surface area contributed by atoms with Crippen molar-refractivity contribution in [2.75, 3.05) is 19.4 Å². The Hall–Kier alpha value is -2.59. The van der Waals surface area contributed by atoms with E-state index in [1.165, 1.54) is 11.0 Å². The number of halogens is 1. The Morgan fingerprint density at radius 2 is 1.61 bits per heavy atom. The molecule has 118 valence electrons. The molecular formula is C18H17ClN2O2. The monoisotopic (exact) mass is 328 g/mol. The molecule has 2 aromatic carbocycles. The minimum atomic E-state index is -0.235. The zero-order valence-corrected chi connectivity index (χ0v) is 13.7. The quantitative estimate of drug-likeness (QED) is 0.870. The molecule has 0 spiro atoms. The third-order valence-electron chi connectivity index (χ3n) is 3.10. The lowest BCUT2D eigenvalue weighted by atomic mass is 10.1. The van der Waals surface area contributed by atoms with Gasteiger partial charge in [-0.2, -0.15) is 0 Å². The first-order valence-electron chi connectivity index (χ1n) is 7.02. The molecule has 0 aliphatic rings. The molecule has 5 heteroatoms. The highest BCUT2D eigenvalue weighted by molar-refractivity contribution is 6.30. The van der Waals surface area contributed by atoms with Gasteiger partial charge in [0.25, 0.3) is 5.91 Å². The van der Waals surface area contributed by atoms with Crippen LogP contribution in [0.3, 0.4) is 0 Å². The van der Waals surface area contributed by atoms with E-state index >= 15 is 0 Å². The molecule has 0 atom stereocenters. The number of amides is 2. The summed E-state index contributed by atoms with van der Waals surface area (Å²) in [5.41, 5.74) is 2.13. The highest BCUT2D eigenvalue weighted by Gasteiger charge is 2.06. The van der Waals surface area contributed by atoms with E-state index in [0.717, 1.165) is 5.56 Å². The van der Waals surface area contributed by atoms with Crippen molar-refractivity contribution in [2.45, 2.75) is 0 Å². The van der Waals surface area contributed by atoms with Crippen molar-refractivity contribution in [1.82, 2.24) is 4.90 Å². The summed E-state index contributed by atoms with van der Waals surface area (Å²) in [5.74, 6) is -0.290. The highest BCUT2D eigenvalue weighted by Crippen LogP contribution is 2.13. The lowest BCUT2D eigenvalue weighted by Gasteiger charge is -2.09. The van der Waals surface area contributed by atoms with Crippen molar-refractivity contribution in [3.05, 3.63) is 70.8 Å². The van der Waals surface area contributed by atoms with Gasteiger partial charge in [0.2, 0.25) is 5.91 Å². The molecule has 4 nitrogen and oxygen atoms in total. The first kappa shape index (κ1) is 16.8. The Labute approximate surface area is 140 Å². The number of rotatable bonds is 4. The van der Waals surface area contributed by atoms with Crippen LogP contribution in [-0.2, 0) is 4.79 Å². The zero-order valence-electron chi connectivity index (χ0n) is 12.9. The minimum Gasteiger partial charge on any atom is -0.345 e. The predicted molar refractivity (Wildman–Crippen MR) is 93.6 cm³/mol. The minimum absolute atomic E-state index is 0.0546. The Kier molecular flexibility index (Phi) is 5.55. The van der Waals surface area contributed by atoms with Gasteiger partial charge in [0.05, 0.1) is 0 Å². The number of hydrogen-bond acceptors (Lipinski definition) is 2. The molecule has 0 heterocycles. The van der Waals surface area contributed by atoms with E-state index < -0.39 is 0 Å². The first-order chi connectivity index (χ1) is 11.0. The van der Waals surface area contributed by atoms with Crippen LogP contribution in [0.15, 0.2) is 54.6 Å². The van der Waals surface area contributed by atoms with Crippen molar-refractivity contribution < 1.29 is 9.59 Å².